The molecule has 0 amide bonds. The number of hydrogen-bond donors (Lipinski definition) is 1. The standard InChI is InChI=1S/C9H14N2S/c1-7-3-5-11-9(10)8(7)4-6-12-2/h3,5H,4,6H2,1-2H3,(H2,10,11). The zero-order valence-corrected chi connectivity index (χ0v) is 8.32. The van der Waals surface area contributed by atoms with Gasteiger partial charge in [0.2, 0.25) is 0 Å². The fourth-order valence-corrected chi connectivity index (χ4v) is 1.55. The average Bonchev–Trinajstić information content (AvgIpc) is 2.04. The Kier molecular flexibility index (Phi) is 3.41. The predicted molar refractivity (Wildman–Crippen MR) is 55.5 cm³/mol. The fourth-order valence-electron chi connectivity index (χ4n) is 1.14. The van der Waals surface area contributed by atoms with Crippen molar-refractivity contribution in [3.05, 3.63) is 23.4 Å². The van der Waals surface area contributed by atoms with E-state index < -0.39 is 0 Å². The van der Waals surface area contributed by atoms with E-state index in [1.807, 2.05) is 17.8 Å². The molecular weight excluding hydrogens is 168 g/mol. The molecule has 0 unspecified atom stereocenters. The summed E-state index contributed by atoms with van der Waals surface area (Å²) in [6.07, 6.45) is 4.88. The second-order valence-corrected chi connectivity index (χ2v) is 3.72. The number of nitrogens with two attached hydrogens (primary N) is 1. The first-order valence-electron chi connectivity index (χ1n) is 3.94. The lowest BCUT2D eigenvalue weighted by Gasteiger charge is -2.06. The monoisotopic (exact) mass is 182 g/mol. The highest BCUT2D eigenvalue weighted by Crippen LogP contribution is 2.15. The minimum atomic E-state index is 0.684. The number of pyridine rings is 1. The van der Waals surface area contributed by atoms with Gasteiger partial charge in [0, 0.05) is 6.20 Å². The summed E-state index contributed by atoms with van der Waals surface area (Å²) < 4.78 is 0. The van der Waals surface area contributed by atoms with Gasteiger partial charge in [-0.25, -0.2) is 4.98 Å². The normalized spacial score (nSPS) is 10.2. The molecule has 1 aromatic rings. The minimum absolute atomic E-state index is 0.684. The molecule has 2 N–H and O–H groups in total. The van der Waals surface area contributed by atoms with Crippen molar-refractivity contribution in [3.8, 4) is 0 Å². The van der Waals surface area contributed by atoms with Crippen molar-refractivity contribution < 1.29 is 0 Å². The highest BCUT2D eigenvalue weighted by Gasteiger charge is 2.02. The molecule has 0 saturated heterocycles. The summed E-state index contributed by atoms with van der Waals surface area (Å²) in [4.78, 5) is 4.06. The van der Waals surface area contributed by atoms with Gasteiger partial charge in [-0.1, -0.05) is 0 Å². The van der Waals surface area contributed by atoms with E-state index >= 15 is 0 Å². The Morgan fingerprint density at radius 1 is 1.58 bits per heavy atom. The molecule has 0 saturated carbocycles. The molecule has 12 heavy (non-hydrogen) atoms. The van der Waals surface area contributed by atoms with Gasteiger partial charge < -0.3 is 5.73 Å². The van der Waals surface area contributed by atoms with Crippen molar-refractivity contribution in [2.75, 3.05) is 17.7 Å². The van der Waals surface area contributed by atoms with Crippen molar-refractivity contribution in [1.82, 2.24) is 4.98 Å². The quantitative estimate of drug-likeness (QED) is 0.775. The average molecular weight is 182 g/mol. The minimum Gasteiger partial charge on any atom is -0.383 e. The number of aryl methyl sites for hydroxylation is 1. The van der Waals surface area contributed by atoms with Gasteiger partial charge in [0.15, 0.2) is 0 Å². The predicted octanol–water partition coefficient (Wildman–Crippen LogP) is 1.88. The fraction of sp³-hybridized carbons (Fsp3) is 0.444. The number of hydrogen-bond acceptors (Lipinski definition) is 3. The van der Waals surface area contributed by atoms with Crippen LogP contribution in [0.5, 0.6) is 0 Å². The van der Waals surface area contributed by atoms with Crippen LogP contribution < -0.4 is 5.73 Å². The molecule has 66 valence electrons. The second-order valence-electron chi connectivity index (χ2n) is 2.73. The molecule has 0 aliphatic rings. The van der Waals surface area contributed by atoms with Crippen LogP contribution in [0.4, 0.5) is 5.82 Å². The van der Waals surface area contributed by atoms with E-state index in [2.05, 4.69) is 18.2 Å². The summed E-state index contributed by atoms with van der Waals surface area (Å²) in [5.41, 5.74) is 8.19. The third-order valence-corrected chi connectivity index (χ3v) is 2.49. The van der Waals surface area contributed by atoms with Gasteiger partial charge in [-0.2, -0.15) is 11.8 Å². The lowest BCUT2D eigenvalue weighted by Crippen LogP contribution is -2.01. The van der Waals surface area contributed by atoms with E-state index in [0.717, 1.165) is 12.2 Å². The van der Waals surface area contributed by atoms with Gasteiger partial charge in [0.05, 0.1) is 0 Å². The van der Waals surface area contributed by atoms with E-state index in [0.29, 0.717) is 5.82 Å². The first kappa shape index (κ1) is 9.39. The topological polar surface area (TPSA) is 38.9 Å². The van der Waals surface area contributed by atoms with Gasteiger partial charge in [0.1, 0.15) is 5.82 Å². The smallest absolute Gasteiger partial charge is 0.126 e. The summed E-state index contributed by atoms with van der Waals surface area (Å²) >= 11 is 1.83. The van der Waals surface area contributed by atoms with Crippen LogP contribution >= 0.6 is 11.8 Å². The lowest BCUT2D eigenvalue weighted by atomic mass is 10.1. The largest absolute Gasteiger partial charge is 0.383 e. The van der Waals surface area contributed by atoms with Gasteiger partial charge in [-0.15, -0.1) is 0 Å². The van der Waals surface area contributed by atoms with Crippen LogP contribution in [-0.4, -0.2) is 17.0 Å². The number of thioether (sulfide) groups is 1. The van der Waals surface area contributed by atoms with Gasteiger partial charge >= 0.3 is 0 Å². The maximum atomic E-state index is 5.74. The molecule has 2 nitrogen and oxygen atoms in total. The molecule has 0 aromatic carbocycles. The van der Waals surface area contributed by atoms with Crippen LogP contribution in [0.15, 0.2) is 12.3 Å². The Bertz CT molecular complexity index is 240. The summed E-state index contributed by atoms with van der Waals surface area (Å²) in [5, 5.41) is 0. The number of nitrogen functional groups attached to an aromatic ring is 1. The van der Waals surface area contributed by atoms with Gasteiger partial charge in [-0.05, 0) is 42.5 Å². The maximum Gasteiger partial charge on any atom is 0.126 e. The summed E-state index contributed by atoms with van der Waals surface area (Å²) in [7, 11) is 0. The highest BCUT2D eigenvalue weighted by molar-refractivity contribution is 7.98. The molecule has 0 bridgehead atoms. The van der Waals surface area contributed by atoms with Crippen molar-refractivity contribution >= 4 is 17.6 Å². The Morgan fingerprint density at radius 2 is 2.33 bits per heavy atom. The highest BCUT2D eigenvalue weighted by atomic mass is 32.2. The van der Waals surface area contributed by atoms with E-state index in [-0.39, 0.29) is 0 Å². The molecule has 1 heterocycles. The number of nitrogens with zero attached hydrogens (tertiary/aromatic N) is 1. The molecular formula is C9H14N2S. The zero-order valence-electron chi connectivity index (χ0n) is 7.50. The van der Waals surface area contributed by atoms with Crippen LogP contribution in [0, 0.1) is 6.92 Å². The molecule has 3 heteroatoms. The third-order valence-electron chi connectivity index (χ3n) is 1.88. The summed E-state index contributed by atoms with van der Waals surface area (Å²) in [6, 6.07) is 2.01. The van der Waals surface area contributed by atoms with Crippen molar-refractivity contribution in [2.24, 2.45) is 0 Å². The lowest BCUT2D eigenvalue weighted by molar-refractivity contribution is 1.09. The van der Waals surface area contributed by atoms with Crippen molar-refractivity contribution in [3.63, 3.8) is 0 Å². The Morgan fingerprint density at radius 3 is 2.92 bits per heavy atom. The molecule has 1 rings (SSSR count). The molecule has 1 aromatic heterocycles. The van der Waals surface area contributed by atoms with Crippen LogP contribution in [-0.2, 0) is 6.42 Å². The first-order valence-corrected chi connectivity index (χ1v) is 5.34. The van der Waals surface area contributed by atoms with E-state index in [9.17, 15) is 0 Å². The maximum absolute atomic E-state index is 5.74. The molecule has 0 fully saturated rings. The van der Waals surface area contributed by atoms with Crippen molar-refractivity contribution in [1.29, 1.82) is 0 Å². The Labute approximate surface area is 77.6 Å². The Hall–Kier alpha value is -0.700. The van der Waals surface area contributed by atoms with E-state index in [4.69, 9.17) is 5.73 Å². The van der Waals surface area contributed by atoms with E-state index in [1.54, 1.807) is 6.20 Å². The van der Waals surface area contributed by atoms with Crippen LogP contribution in [0.2, 0.25) is 0 Å². The summed E-state index contributed by atoms with van der Waals surface area (Å²) in [5.74, 6) is 1.79. The number of aromatic nitrogens is 1. The second kappa shape index (κ2) is 4.36. The Balaban J connectivity index is 2.81. The first-order chi connectivity index (χ1) is 5.75. The number of rotatable bonds is 3. The van der Waals surface area contributed by atoms with Crippen molar-refractivity contribution in [2.45, 2.75) is 13.3 Å². The zero-order chi connectivity index (χ0) is 8.97. The number of anilines is 1. The SMILES string of the molecule is CSCCc1c(C)ccnc1N. The van der Waals surface area contributed by atoms with E-state index in [1.165, 1.54) is 11.1 Å². The molecule has 0 spiro atoms. The third kappa shape index (κ3) is 2.14. The summed E-state index contributed by atoms with van der Waals surface area (Å²) in [6.45, 7) is 2.08. The van der Waals surface area contributed by atoms with Crippen LogP contribution in [0.1, 0.15) is 11.1 Å². The van der Waals surface area contributed by atoms with Gasteiger partial charge in [-0.3, -0.25) is 0 Å². The molecule has 0 aliphatic heterocycles. The molecule has 0 aliphatic carbocycles. The molecule has 0 radical (unpaired) electrons. The van der Waals surface area contributed by atoms with Crippen LogP contribution in [0.3, 0.4) is 0 Å². The van der Waals surface area contributed by atoms with Crippen LogP contribution in [0.25, 0.3) is 0 Å². The van der Waals surface area contributed by atoms with Gasteiger partial charge in [0.25, 0.3) is 0 Å². The molecule has 0 atom stereocenters.